The number of aromatic nitrogens is 3. The minimum Gasteiger partial charge on any atom is -0.453 e. The van der Waals surface area contributed by atoms with E-state index in [4.69, 9.17) is 11.6 Å². The number of ether oxygens (including phenoxy) is 1. The molecule has 21 heavy (non-hydrogen) atoms. The van der Waals surface area contributed by atoms with Crippen LogP contribution in [0.1, 0.15) is 0 Å². The Bertz CT molecular complexity index is 658. The molecule has 0 aliphatic heterocycles. The van der Waals surface area contributed by atoms with Gasteiger partial charge in [-0.1, -0.05) is 22.9 Å². The van der Waals surface area contributed by atoms with Crippen LogP contribution >= 0.6 is 11.6 Å². The van der Waals surface area contributed by atoms with Crippen LogP contribution in [-0.4, -0.2) is 34.1 Å². The molecule has 0 aliphatic carbocycles. The van der Waals surface area contributed by atoms with Crippen LogP contribution in [0.25, 0.3) is 0 Å². The van der Waals surface area contributed by atoms with Crippen LogP contribution in [-0.2, 0) is 16.1 Å². The van der Waals surface area contributed by atoms with Crippen LogP contribution in [0.4, 0.5) is 16.3 Å². The number of anilines is 2. The second-order valence-corrected chi connectivity index (χ2v) is 4.41. The summed E-state index contributed by atoms with van der Waals surface area (Å²) in [5.41, 5.74) is 0.584. The molecule has 110 valence electrons. The second-order valence-electron chi connectivity index (χ2n) is 3.98. The molecule has 0 spiro atoms. The first-order valence-corrected chi connectivity index (χ1v) is 6.25. The van der Waals surface area contributed by atoms with E-state index in [9.17, 15) is 9.59 Å². The lowest BCUT2D eigenvalue weighted by Crippen LogP contribution is -2.19. The van der Waals surface area contributed by atoms with Gasteiger partial charge in [0.25, 0.3) is 0 Å². The minimum atomic E-state index is -0.662. The standard InChI is InChI=1S/C12H12ClN5O3/c1-21-12(20)15-10-6-18(17-16-10)7-11(19)14-9-4-2-3-8(13)5-9/h2-6H,7H2,1H3,(H,14,19)(H,15,20). The largest absolute Gasteiger partial charge is 0.453 e. The summed E-state index contributed by atoms with van der Waals surface area (Å²) in [4.78, 5) is 22.8. The van der Waals surface area contributed by atoms with Gasteiger partial charge in [-0.15, -0.1) is 5.10 Å². The zero-order chi connectivity index (χ0) is 15.2. The highest BCUT2D eigenvalue weighted by atomic mass is 35.5. The van der Waals surface area contributed by atoms with Crippen molar-refractivity contribution in [3.05, 3.63) is 35.5 Å². The van der Waals surface area contributed by atoms with Crippen LogP contribution < -0.4 is 10.6 Å². The molecule has 0 bridgehead atoms. The van der Waals surface area contributed by atoms with Crippen LogP contribution in [0.3, 0.4) is 0 Å². The normalized spacial score (nSPS) is 10.0. The molecule has 0 saturated heterocycles. The van der Waals surface area contributed by atoms with Gasteiger partial charge in [0.2, 0.25) is 5.91 Å². The van der Waals surface area contributed by atoms with E-state index in [-0.39, 0.29) is 18.3 Å². The van der Waals surface area contributed by atoms with Crippen LogP contribution in [0.15, 0.2) is 30.5 Å². The number of hydrogen-bond acceptors (Lipinski definition) is 5. The Morgan fingerprint density at radius 1 is 1.38 bits per heavy atom. The minimum absolute atomic E-state index is 0.0532. The van der Waals surface area contributed by atoms with E-state index in [0.29, 0.717) is 10.7 Å². The molecule has 1 aromatic heterocycles. The van der Waals surface area contributed by atoms with Gasteiger partial charge in [0.05, 0.1) is 13.3 Å². The van der Waals surface area contributed by atoms with Crippen molar-refractivity contribution >= 4 is 35.1 Å². The third kappa shape index (κ3) is 4.46. The monoisotopic (exact) mass is 309 g/mol. The number of rotatable bonds is 4. The molecule has 1 aromatic carbocycles. The number of carbonyl (C=O) groups is 2. The molecule has 2 aromatic rings. The zero-order valence-corrected chi connectivity index (χ0v) is 11.8. The van der Waals surface area contributed by atoms with Crippen molar-refractivity contribution in [1.29, 1.82) is 0 Å². The Labute approximate surface area is 125 Å². The number of benzene rings is 1. The first kappa shape index (κ1) is 14.8. The van der Waals surface area contributed by atoms with Crippen LogP contribution in [0.2, 0.25) is 5.02 Å². The maximum Gasteiger partial charge on any atom is 0.412 e. The lowest BCUT2D eigenvalue weighted by Gasteiger charge is -2.05. The summed E-state index contributed by atoms with van der Waals surface area (Å²) >= 11 is 5.82. The number of halogens is 1. The lowest BCUT2D eigenvalue weighted by molar-refractivity contribution is -0.116. The first-order chi connectivity index (χ1) is 10.1. The molecule has 2 amide bonds. The summed E-state index contributed by atoms with van der Waals surface area (Å²) in [5, 5.41) is 12.9. The molecule has 0 unspecified atom stereocenters. The van der Waals surface area contributed by atoms with Gasteiger partial charge in [-0.05, 0) is 18.2 Å². The summed E-state index contributed by atoms with van der Waals surface area (Å²) in [6.45, 7) is -0.0532. The Balaban J connectivity index is 1.92. The summed E-state index contributed by atoms with van der Waals surface area (Å²) in [6.07, 6.45) is 0.750. The first-order valence-electron chi connectivity index (χ1n) is 5.87. The van der Waals surface area contributed by atoms with Gasteiger partial charge >= 0.3 is 6.09 Å². The van der Waals surface area contributed by atoms with E-state index in [1.165, 1.54) is 18.0 Å². The quantitative estimate of drug-likeness (QED) is 0.896. The maximum absolute atomic E-state index is 11.8. The molecular formula is C12H12ClN5O3. The van der Waals surface area contributed by atoms with Gasteiger partial charge < -0.3 is 10.1 Å². The SMILES string of the molecule is COC(=O)Nc1cn(CC(=O)Nc2cccc(Cl)c2)nn1. The fourth-order valence-corrected chi connectivity index (χ4v) is 1.69. The molecule has 0 saturated carbocycles. The van der Waals surface area contributed by atoms with Crippen molar-refractivity contribution in [1.82, 2.24) is 15.0 Å². The van der Waals surface area contributed by atoms with Crippen molar-refractivity contribution in [2.24, 2.45) is 0 Å². The third-order valence-electron chi connectivity index (χ3n) is 2.37. The number of nitrogens with one attached hydrogen (secondary N) is 2. The number of carbonyl (C=O) groups excluding carboxylic acids is 2. The topological polar surface area (TPSA) is 98.1 Å². The van der Waals surface area contributed by atoms with Gasteiger partial charge in [-0.3, -0.25) is 10.1 Å². The van der Waals surface area contributed by atoms with Crippen molar-refractivity contribution in [3.8, 4) is 0 Å². The molecule has 0 atom stereocenters. The Hall–Kier alpha value is -2.61. The zero-order valence-electron chi connectivity index (χ0n) is 11.0. The molecule has 8 nitrogen and oxygen atoms in total. The fourth-order valence-electron chi connectivity index (χ4n) is 1.50. The van der Waals surface area contributed by atoms with Gasteiger partial charge in [-0.25, -0.2) is 9.48 Å². The van der Waals surface area contributed by atoms with E-state index in [2.05, 4.69) is 25.7 Å². The number of methoxy groups -OCH3 is 1. The van der Waals surface area contributed by atoms with Crippen molar-refractivity contribution in [2.45, 2.75) is 6.54 Å². The molecule has 0 aliphatic rings. The molecule has 0 fully saturated rings. The molecule has 9 heteroatoms. The van der Waals surface area contributed by atoms with E-state index in [1.54, 1.807) is 24.3 Å². The lowest BCUT2D eigenvalue weighted by atomic mass is 10.3. The summed E-state index contributed by atoms with van der Waals surface area (Å²) in [5.74, 6) is -0.107. The number of hydrogen-bond donors (Lipinski definition) is 2. The van der Waals surface area contributed by atoms with E-state index >= 15 is 0 Å². The fraction of sp³-hybridized carbons (Fsp3) is 0.167. The smallest absolute Gasteiger partial charge is 0.412 e. The summed E-state index contributed by atoms with van der Waals surface area (Å²) in [7, 11) is 1.23. The summed E-state index contributed by atoms with van der Waals surface area (Å²) < 4.78 is 5.70. The van der Waals surface area contributed by atoms with Crippen molar-refractivity contribution in [3.63, 3.8) is 0 Å². The predicted octanol–water partition coefficient (Wildman–Crippen LogP) is 1.75. The molecular weight excluding hydrogens is 298 g/mol. The van der Waals surface area contributed by atoms with Crippen molar-refractivity contribution < 1.29 is 14.3 Å². The Morgan fingerprint density at radius 3 is 2.90 bits per heavy atom. The second kappa shape index (κ2) is 6.71. The van der Waals surface area contributed by atoms with E-state index in [0.717, 1.165) is 0 Å². The maximum atomic E-state index is 11.8. The van der Waals surface area contributed by atoms with Gasteiger partial charge in [0.15, 0.2) is 5.82 Å². The van der Waals surface area contributed by atoms with Gasteiger partial charge in [-0.2, -0.15) is 0 Å². The van der Waals surface area contributed by atoms with Crippen LogP contribution in [0.5, 0.6) is 0 Å². The molecule has 0 radical (unpaired) electrons. The Morgan fingerprint density at radius 2 is 2.19 bits per heavy atom. The highest BCUT2D eigenvalue weighted by Crippen LogP contribution is 2.14. The van der Waals surface area contributed by atoms with E-state index < -0.39 is 6.09 Å². The molecule has 2 rings (SSSR count). The van der Waals surface area contributed by atoms with Gasteiger partial charge in [0.1, 0.15) is 6.54 Å². The Kier molecular flexibility index (Phi) is 4.72. The molecule has 2 N–H and O–H groups in total. The average molecular weight is 310 g/mol. The van der Waals surface area contributed by atoms with E-state index in [1.807, 2.05) is 0 Å². The highest BCUT2D eigenvalue weighted by Gasteiger charge is 2.08. The summed E-state index contributed by atoms with van der Waals surface area (Å²) in [6, 6.07) is 6.78. The van der Waals surface area contributed by atoms with Crippen LogP contribution in [0, 0.1) is 0 Å². The number of nitrogens with zero attached hydrogens (tertiary/aromatic N) is 3. The average Bonchev–Trinajstić information content (AvgIpc) is 2.85. The highest BCUT2D eigenvalue weighted by molar-refractivity contribution is 6.30. The third-order valence-corrected chi connectivity index (χ3v) is 2.60. The molecule has 1 heterocycles. The van der Waals surface area contributed by atoms with Crippen molar-refractivity contribution in [2.75, 3.05) is 17.7 Å². The number of amides is 2. The predicted molar refractivity (Wildman–Crippen MR) is 76.1 cm³/mol. The van der Waals surface area contributed by atoms with Gasteiger partial charge in [0, 0.05) is 10.7 Å².